The van der Waals surface area contributed by atoms with E-state index in [0.717, 1.165) is 19.3 Å². The molecule has 0 aromatic carbocycles. The summed E-state index contributed by atoms with van der Waals surface area (Å²) in [5.74, 6) is 0.875. The molecular formula is C12H18O. The van der Waals surface area contributed by atoms with Crippen LogP contribution in [0.4, 0.5) is 0 Å². The van der Waals surface area contributed by atoms with E-state index in [0.29, 0.717) is 11.8 Å². The van der Waals surface area contributed by atoms with E-state index in [1.54, 1.807) is 6.08 Å². The Kier molecular flexibility index (Phi) is 3.97. The molecule has 0 radical (unpaired) electrons. The third-order valence-corrected chi connectivity index (χ3v) is 2.76. The molecule has 1 nitrogen and oxygen atoms in total. The summed E-state index contributed by atoms with van der Waals surface area (Å²) in [6.07, 6.45) is 10.6. The minimum atomic E-state index is -0.166. The van der Waals surface area contributed by atoms with Crippen LogP contribution in [0.3, 0.4) is 0 Å². The zero-order valence-electron chi connectivity index (χ0n) is 8.02. The number of allylic oxidation sites excluding steroid dienone is 3. The van der Waals surface area contributed by atoms with E-state index >= 15 is 0 Å². The molecule has 0 aromatic rings. The van der Waals surface area contributed by atoms with E-state index in [2.05, 4.69) is 19.2 Å². The molecule has 72 valence electrons. The van der Waals surface area contributed by atoms with Crippen molar-refractivity contribution in [1.29, 1.82) is 0 Å². The molecule has 1 aliphatic rings. The molecule has 0 aliphatic heterocycles. The van der Waals surface area contributed by atoms with E-state index < -0.39 is 0 Å². The Hall–Kier alpha value is -0.820. The largest absolute Gasteiger partial charge is 0.393 e. The van der Waals surface area contributed by atoms with Gasteiger partial charge in [-0.2, -0.15) is 0 Å². The van der Waals surface area contributed by atoms with Gasteiger partial charge in [0.25, 0.3) is 0 Å². The summed E-state index contributed by atoms with van der Waals surface area (Å²) in [4.78, 5) is 0. The van der Waals surface area contributed by atoms with Crippen molar-refractivity contribution < 1.29 is 5.11 Å². The lowest BCUT2D eigenvalue weighted by atomic mass is 9.91. The van der Waals surface area contributed by atoms with Crippen molar-refractivity contribution in [2.75, 3.05) is 0 Å². The second-order valence-electron chi connectivity index (χ2n) is 3.63. The molecule has 13 heavy (non-hydrogen) atoms. The van der Waals surface area contributed by atoms with Crippen LogP contribution in [0.2, 0.25) is 0 Å². The van der Waals surface area contributed by atoms with E-state index in [1.165, 1.54) is 0 Å². The molecule has 0 spiro atoms. The maximum Gasteiger partial charge on any atom is 0.0605 e. The van der Waals surface area contributed by atoms with Crippen molar-refractivity contribution in [2.45, 2.75) is 25.4 Å². The van der Waals surface area contributed by atoms with E-state index in [1.807, 2.05) is 12.2 Å². The molecule has 1 fully saturated rings. The number of aliphatic hydroxyl groups is 1. The SMILES string of the molecule is C=C/C=C/[C@H]1[C@H](CC=C)CC[C@H]1O. The topological polar surface area (TPSA) is 20.2 Å². The summed E-state index contributed by atoms with van der Waals surface area (Å²) < 4.78 is 0. The van der Waals surface area contributed by atoms with Crippen LogP contribution in [-0.2, 0) is 0 Å². The van der Waals surface area contributed by atoms with Crippen LogP contribution in [0.1, 0.15) is 19.3 Å². The molecular weight excluding hydrogens is 160 g/mol. The molecule has 1 heteroatoms. The van der Waals surface area contributed by atoms with Crippen molar-refractivity contribution in [1.82, 2.24) is 0 Å². The quantitative estimate of drug-likeness (QED) is 0.518. The van der Waals surface area contributed by atoms with Gasteiger partial charge < -0.3 is 5.11 Å². The molecule has 0 aromatic heterocycles. The first-order chi connectivity index (χ1) is 6.29. The molecule has 0 amide bonds. The van der Waals surface area contributed by atoms with Crippen LogP contribution in [0.15, 0.2) is 37.5 Å². The molecule has 1 saturated carbocycles. The van der Waals surface area contributed by atoms with Gasteiger partial charge in [0, 0.05) is 5.92 Å². The Morgan fingerprint density at radius 1 is 1.31 bits per heavy atom. The number of hydrogen-bond acceptors (Lipinski definition) is 1. The third kappa shape index (κ3) is 2.56. The summed E-state index contributed by atoms with van der Waals surface area (Å²) in [6.45, 7) is 7.37. The maximum atomic E-state index is 9.69. The summed E-state index contributed by atoms with van der Waals surface area (Å²) >= 11 is 0. The predicted molar refractivity (Wildman–Crippen MR) is 56.4 cm³/mol. The molecule has 0 saturated heterocycles. The van der Waals surface area contributed by atoms with Crippen LogP contribution in [0.25, 0.3) is 0 Å². The Bertz CT molecular complexity index is 205. The lowest BCUT2D eigenvalue weighted by Crippen LogP contribution is -2.16. The molecule has 3 atom stereocenters. The molecule has 1 aliphatic carbocycles. The van der Waals surface area contributed by atoms with Crippen molar-refractivity contribution >= 4 is 0 Å². The Labute approximate surface area is 80.5 Å². The fraction of sp³-hybridized carbons (Fsp3) is 0.500. The average Bonchev–Trinajstić information content (AvgIpc) is 2.45. The third-order valence-electron chi connectivity index (χ3n) is 2.76. The van der Waals surface area contributed by atoms with Gasteiger partial charge in [-0.05, 0) is 25.2 Å². The first-order valence-corrected chi connectivity index (χ1v) is 4.87. The normalized spacial score (nSPS) is 33.8. The average molecular weight is 178 g/mol. The van der Waals surface area contributed by atoms with Crippen LogP contribution in [0.5, 0.6) is 0 Å². The summed E-state index contributed by atoms with van der Waals surface area (Å²) in [7, 11) is 0. The minimum Gasteiger partial charge on any atom is -0.393 e. The van der Waals surface area contributed by atoms with Gasteiger partial charge in [0.1, 0.15) is 0 Å². The smallest absolute Gasteiger partial charge is 0.0605 e. The van der Waals surface area contributed by atoms with Gasteiger partial charge in [0.15, 0.2) is 0 Å². The summed E-state index contributed by atoms with van der Waals surface area (Å²) in [5.41, 5.74) is 0. The van der Waals surface area contributed by atoms with Crippen LogP contribution >= 0.6 is 0 Å². The zero-order chi connectivity index (χ0) is 9.68. The monoisotopic (exact) mass is 178 g/mol. The van der Waals surface area contributed by atoms with Gasteiger partial charge in [-0.1, -0.05) is 30.9 Å². The van der Waals surface area contributed by atoms with Crippen molar-refractivity contribution in [2.24, 2.45) is 11.8 Å². The molecule has 0 unspecified atom stereocenters. The first kappa shape index (κ1) is 10.3. The van der Waals surface area contributed by atoms with Gasteiger partial charge in [0.2, 0.25) is 0 Å². The van der Waals surface area contributed by atoms with Gasteiger partial charge in [-0.25, -0.2) is 0 Å². The molecule has 0 heterocycles. The van der Waals surface area contributed by atoms with Gasteiger partial charge >= 0.3 is 0 Å². The molecule has 0 bridgehead atoms. The highest BCUT2D eigenvalue weighted by atomic mass is 16.3. The highest BCUT2D eigenvalue weighted by molar-refractivity contribution is 5.06. The van der Waals surface area contributed by atoms with Gasteiger partial charge in [-0.3, -0.25) is 0 Å². The highest BCUT2D eigenvalue weighted by Gasteiger charge is 2.31. The predicted octanol–water partition coefficient (Wildman–Crippen LogP) is 2.69. The second-order valence-corrected chi connectivity index (χ2v) is 3.63. The minimum absolute atomic E-state index is 0.166. The van der Waals surface area contributed by atoms with Gasteiger partial charge in [0.05, 0.1) is 6.10 Å². The lowest BCUT2D eigenvalue weighted by Gasteiger charge is -2.16. The van der Waals surface area contributed by atoms with Crippen molar-refractivity contribution in [3.63, 3.8) is 0 Å². The first-order valence-electron chi connectivity index (χ1n) is 4.87. The van der Waals surface area contributed by atoms with Crippen LogP contribution in [0, 0.1) is 11.8 Å². The van der Waals surface area contributed by atoms with Crippen LogP contribution in [-0.4, -0.2) is 11.2 Å². The Morgan fingerprint density at radius 2 is 2.08 bits per heavy atom. The Morgan fingerprint density at radius 3 is 2.69 bits per heavy atom. The zero-order valence-corrected chi connectivity index (χ0v) is 8.02. The second kappa shape index (κ2) is 5.03. The van der Waals surface area contributed by atoms with E-state index in [9.17, 15) is 5.11 Å². The standard InChI is InChI=1S/C12H18O/c1-3-5-7-11-10(6-4-2)8-9-12(11)13/h3-5,7,10-13H,1-2,6,8-9H2/b7-5+/t10-,11+,12-/m1/s1. The summed E-state index contributed by atoms with van der Waals surface area (Å²) in [6, 6.07) is 0. The Balaban J connectivity index is 2.58. The molecule has 1 N–H and O–H groups in total. The fourth-order valence-electron chi connectivity index (χ4n) is 2.07. The molecule has 1 rings (SSSR count). The number of rotatable bonds is 4. The van der Waals surface area contributed by atoms with Crippen molar-refractivity contribution in [3.8, 4) is 0 Å². The lowest BCUT2D eigenvalue weighted by molar-refractivity contribution is 0.142. The maximum absolute atomic E-state index is 9.69. The van der Waals surface area contributed by atoms with E-state index in [-0.39, 0.29) is 6.10 Å². The van der Waals surface area contributed by atoms with E-state index in [4.69, 9.17) is 0 Å². The fourth-order valence-corrected chi connectivity index (χ4v) is 2.07. The number of aliphatic hydroxyl groups excluding tert-OH is 1. The summed E-state index contributed by atoms with van der Waals surface area (Å²) in [5, 5.41) is 9.69. The van der Waals surface area contributed by atoms with Crippen molar-refractivity contribution in [3.05, 3.63) is 37.5 Å². The number of hydrogen-bond donors (Lipinski definition) is 1. The van der Waals surface area contributed by atoms with Gasteiger partial charge in [-0.15, -0.1) is 6.58 Å². The highest BCUT2D eigenvalue weighted by Crippen LogP contribution is 2.35. The van der Waals surface area contributed by atoms with Crippen LogP contribution < -0.4 is 0 Å².